The minimum absolute atomic E-state index is 0.192. The maximum absolute atomic E-state index is 5.73. The van der Waals surface area contributed by atoms with Crippen LogP contribution in [0.4, 0.5) is 0 Å². The lowest BCUT2D eigenvalue weighted by Crippen LogP contribution is -2.42. The molecule has 0 saturated carbocycles. The Bertz CT molecular complexity index is 392. The Balaban J connectivity index is 2.86. The molecule has 1 heterocycles. The van der Waals surface area contributed by atoms with Gasteiger partial charge < -0.3 is 10.1 Å². The predicted molar refractivity (Wildman–Crippen MR) is 82.5 cm³/mol. The van der Waals surface area contributed by atoms with Crippen molar-refractivity contribution in [1.29, 1.82) is 0 Å². The van der Waals surface area contributed by atoms with Gasteiger partial charge in [0, 0.05) is 26.1 Å². The lowest BCUT2D eigenvalue weighted by molar-refractivity contribution is 0.0475. The molecule has 0 amide bonds. The molecular formula is C14H26BrN3O. The van der Waals surface area contributed by atoms with Gasteiger partial charge in [-0.1, -0.05) is 13.8 Å². The van der Waals surface area contributed by atoms with Crippen molar-refractivity contribution in [3.8, 4) is 0 Å². The Kier molecular flexibility index (Phi) is 7.04. The molecule has 19 heavy (non-hydrogen) atoms. The molecule has 0 fully saturated rings. The highest BCUT2D eigenvalue weighted by Crippen LogP contribution is 2.23. The van der Waals surface area contributed by atoms with E-state index in [9.17, 15) is 0 Å². The van der Waals surface area contributed by atoms with Gasteiger partial charge in [0.2, 0.25) is 0 Å². The van der Waals surface area contributed by atoms with Crippen LogP contribution >= 0.6 is 15.9 Å². The summed E-state index contributed by atoms with van der Waals surface area (Å²) in [5.41, 5.74) is 2.35. The topological polar surface area (TPSA) is 39.1 Å². The highest BCUT2D eigenvalue weighted by Gasteiger charge is 2.21. The summed E-state index contributed by atoms with van der Waals surface area (Å²) in [4.78, 5) is 0. The quantitative estimate of drug-likeness (QED) is 0.796. The molecule has 0 aliphatic carbocycles. The summed E-state index contributed by atoms with van der Waals surface area (Å²) in [5.74, 6) is 0. The van der Waals surface area contributed by atoms with Gasteiger partial charge in [0.15, 0.2) is 0 Å². The fraction of sp³-hybridized carbons (Fsp3) is 0.786. The molecule has 1 N–H and O–H groups in total. The van der Waals surface area contributed by atoms with Crippen molar-refractivity contribution < 1.29 is 4.74 Å². The maximum atomic E-state index is 5.73. The van der Waals surface area contributed by atoms with Crippen LogP contribution in [-0.4, -0.2) is 35.1 Å². The van der Waals surface area contributed by atoms with Gasteiger partial charge in [0.1, 0.15) is 0 Å². The van der Waals surface area contributed by atoms with Crippen LogP contribution in [-0.2, 0) is 24.6 Å². The van der Waals surface area contributed by atoms with Crippen LogP contribution in [0.2, 0.25) is 0 Å². The van der Waals surface area contributed by atoms with Crippen molar-refractivity contribution in [3.05, 3.63) is 15.9 Å². The van der Waals surface area contributed by atoms with Gasteiger partial charge in [-0.2, -0.15) is 5.10 Å². The van der Waals surface area contributed by atoms with Crippen LogP contribution < -0.4 is 5.32 Å². The molecule has 0 radical (unpaired) electrons. The number of ether oxygens (including phenoxy) is 1. The number of aryl methyl sites for hydroxylation is 2. The monoisotopic (exact) mass is 331 g/mol. The fourth-order valence-corrected chi connectivity index (χ4v) is 3.07. The third kappa shape index (κ3) is 4.29. The van der Waals surface area contributed by atoms with E-state index in [0.717, 1.165) is 36.2 Å². The summed E-state index contributed by atoms with van der Waals surface area (Å²) in [6.45, 7) is 10.1. The number of nitrogens with zero attached hydrogens (tertiary/aromatic N) is 2. The highest BCUT2D eigenvalue weighted by molar-refractivity contribution is 9.10. The van der Waals surface area contributed by atoms with Gasteiger partial charge in [-0.05, 0) is 42.7 Å². The van der Waals surface area contributed by atoms with E-state index in [0.29, 0.717) is 6.04 Å². The Morgan fingerprint density at radius 2 is 2.05 bits per heavy atom. The van der Waals surface area contributed by atoms with Gasteiger partial charge in [-0.25, -0.2) is 0 Å². The van der Waals surface area contributed by atoms with Crippen molar-refractivity contribution in [1.82, 2.24) is 15.1 Å². The molecule has 5 heteroatoms. The van der Waals surface area contributed by atoms with Crippen molar-refractivity contribution >= 4 is 15.9 Å². The van der Waals surface area contributed by atoms with Gasteiger partial charge in [-0.3, -0.25) is 4.68 Å². The summed E-state index contributed by atoms with van der Waals surface area (Å²) >= 11 is 3.68. The lowest BCUT2D eigenvalue weighted by Gasteiger charge is -2.25. The Morgan fingerprint density at radius 3 is 2.53 bits per heavy atom. The van der Waals surface area contributed by atoms with Crippen LogP contribution in [0.5, 0.6) is 0 Å². The maximum Gasteiger partial charge on any atom is 0.0766 e. The van der Waals surface area contributed by atoms with Crippen molar-refractivity contribution in [3.63, 3.8) is 0 Å². The zero-order chi connectivity index (χ0) is 14.4. The first-order chi connectivity index (χ1) is 9.04. The minimum atomic E-state index is 0.192. The van der Waals surface area contributed by atoms with Crippen LogP contribution in [0.15, 0.2) is 4.47 Å². The number of halogens is 1. The predicted octanol–water partition coefficient (Wildman–Crippen LogP) is 2.69. The van der Waals surface area contributed by atoms with E-state index in [1.54, 1.807) is 0 Å². The third-order valence-corrected chi connectivity index (χ3v) is 4.29. The molecule has 0 bridgehead atoms. The second-order valence-corrected chi connectivity index (χ2v) is 5.51. The standard InChI is InChI=1S/C14H26BrN3O/c1-6-11-14(15)13(18(5)17-11)9-12(16-7-2)10(4)19-8-3/h10,12,16H,6-9H2,1-5H3. The van der Waals surface area contributed by atoms with E-state index in [1.807, 2.05) is 18.7 Å². The number of hydrogen-bond acceptors (Lipinski definition) is 3. The second-order valence-electron chi connectivity index (χ2n) is 4.71. The first kappa shape index (κ1) is 16.7. The third-order valence-electron chi connectivity index (χ3n) is 3.38. The Hall–Kier alpha value is -0.390. The summed E-state index contributed by atoms with van der Waals surface area (Å²) in [6, 6.07) is 0.307. The second kappa shape index (κ2) is 8.02. The van der Waals surface area contributed by atoms with Gasteiger partial charge in [0.25, 0.3) is 0 Å². The minimum Gasteiger partial charge on any atom is -0.377 e. The van der Waals surface area contributed by atoms with E-state index < -0.39 is 0 Å². The van der Waals surface area contributed by atoms with Gasteiger partial charge in [0.05, 0.1) is 22.0 Å². The largest absolute Gasteiger partial charge is 0.377 e. The molecule has 2 unspecified atom stereocenters. The molecule has 1 aromatic rings. The number of rotatable bonds is 8. The smallest absolute Gasteiger partial charge is 0.0766 e. The SMILES string of the molecule is CCNC(Cc1c(Br)c(CC)nn1C)C(C)OCC. The van der Waals surface area contributed by atoms with Crippen LogP contribution in [0.3, 0.4) is 0 Å². The highest BCUT2D eigenvalue weighted by atomic mass is 79.9. The van der Waals surface area contributed by atoms with Crippen LogP contribution in [0.25, 0.3) is 0 Å². The molecular weight excluding hydrogens is 306 g/mol. The van der Waals surface area contributed by atoms with E-state index in [1.165, 1.54) is 5.69 Å². The Morgan fingerprint density at radius 1 is 1.37 bits per heavy atom. The average Bonchev–Trinajstić information content (AvgIpc) is 2.65. The molecule has 0 aliphatic heterocycles. The first-order valence-corrected chi connectivity index (χ1v) is 7.89. The van der Waals surface area contributed by atoms with E-state index in [4.69, 9.17) is 4.74 Å². The number of likely N-dealkylation sites (N-methyl/N-ethyl adjacent to an activating group) is 1. The molecule has 110 valence electrons. The summed E-state index contributed by atoms with van der Waals surface area (Å²) < 4.78 is 8.85. The van der Waals surface area contributed by atoms with E-state index in [-0.39, 0.29) is 6.10 Å². The molecule has 0 spiro atoms. The van der Waals surface area contributed by atoms with Crippen LogP contribution in [0, 0.1) is 0 Å². The molecule has 1 rings (SSSR count). The molecule has 0 aromatic carbocycles. The molecule has 2 atom stereocenters. The van der Waals surface area contributed by atoms with E-state index >= 15 is 0 Å². The van der Waals surface area contributed by atoms with Crippen molar-refractivity contribution in [2.24, 2.45) is 7.05 Å². The number of aromatic nitrogens is 2. The molecule has 0 saturated heterocycles. The zero-order valence-corrected chi connectivity index (χ0v) is 14.2. The summed E-state index contributed by atoms with van der Waals surface area (Å²) in [5, 5.41) is 8.06. The normalized spacial score (nSPS) is 14.6. The molecule has 4 nitrogen and oxygen atoms in total. The number of hydrogen-bond donors (Lipinski definition) is 1. The van der Waals surface area contributed by atoms with Gasteiger partial charge >= 0.3 is 0 Å². The number of nitrogens with one attached hydrogen (secondary N) is 1. The van der Waals surface area contributed by atoms with Crippen LogP contribution in [0.1, 0.15) is 39.1 Å². The fourth-order valence-electron chi connectivity index (χ4n) is 2.30. The van der Waals surface area contributed by atoms with Gasteiger partial charge in [-0.15, -0.1) is 0 Å². The molecule has 1 aromatic heterocycles. The lowest BCUT2D eigenvalue weighted by atomic mass is 10.1. The summed E-state index contributed by atoms with van der Waals surface area (Å²) in [7, 11) is 2.01. The first-order valence-electron chi connectivity index (χ1n) is 7.10. The molecule has 0 aliphatic rings. The Labute approximate surface area is 125 Å². The van der Waals surface area contributed by atoms with E-state index in [2.05, 4.69) is 47.1 Å². The zero-order valence-electron chi connectivity index (χ0n) is 12.7. The van der Waals surface area contributed by atoms with Crippen molar-refractivity contribution in [2.45, 2.75) is 52.7 Å². The summed E-state index contributed by atoms with van der Waals surface area (Å²) in [6.07, 6.45) is 2.05. The average molecular weight is 332 g/mol. The van der Waals surface area contributed by atoms with Crippen molar-refractivity contribution in [2.75, 3.05) is 13.2 Å².